The smallest absolute Gasteiger partial charge is 0.384 e. The molecular formula is C11H15F3N4. The zero-order chi connectivity index (χ0) is 13.9. The quantitative estimate of drug-likeness (QED) is 0.644. The molecule has 100 valence electrons. The van der Waals surface area contributed by atoms with E-state index in [1.165, 1.54) is 18.5 Å². The van der Waals surface area contributed by atoms with Crippen molar-refractivity contribution in [1.29, 1.82) is 5.41 Å². The zero-order valence-corrected chi connectivity index (χ0v) is 10.1. The zero-order valence-electron chi connectivity index (χ0n) is 10.1. The first-order valence-electron chi connectivity index (χ1n) is 5.34. The maximum absolute atomic E-state index is 12.5. The summed E-state index contributed by atoms with van der Waals surface area (Å²) in [5.41, 5.74) is 5.84. The molecule has 4 nitrogen and oxygen atoms in total. The molecule has 7 heteroatoms. The van der Waals surface area contributed by atoms with Crippen LogP contribution in [0.5, 0.6) is 0 Å². The lowest BCUT2D eigenvalue weighted by atomic mass is 10.1. The molecule has 0 saturated heterocycles. The van der Waals surface area contributed by atoms with Gasteiger partial charge in [-0.25, -0.2) is 0 Å². The lowest BCUT2D eigenvalue weighted by molar-refractivity contribution is -0.120. The van der Waals surface area contributed by atoms with Gasteiger partial charge < -0.3 is 10.6 Å². The summed E-state index contributed by atoms with van der Waals surface area (Å²) in [6.45, 7) is 2.18. The van der Waals surface area contributed by atoms with Crippen molar-refractivity contribution in [3.63, 3.8) is 0 Å². The number of aromatic nitrogens is 1. The lowest BCUT2D eigenvalue weighted by Gasteiger charge is -2.31. The molecule has 18 heavy (non-hydrogen) atoms. The molecule has 0 aliphatic rings. The Morgan fingerprint density at radius 2 is 2.11 bits per heavy atom. The fraction of sp³-hybridized carbons (Fsp3) is 0.455. The minimum atomic E-state index is -4.33. The van der Waals surface area contributed by atoms with Gasteiger partial charge in [-0.1, -0.05) is 0 Å². The molecule has 1 aromatic heterocycles. The summed E-state index contributed by atoms with van der Waals surface area (Å²) in [7, 11) is 0. The first-order chi connectivity index (χ1) is 8.22. The molecule has 0 aliphatic heterocycles. The predicted octanol–water partition coefficient (Wildman–Crippen LogP) is 2.14. The number of nitrogens with zero attached hydrogens (tertiary/aromatic N) is 2. The molecule has 0 fully saturated rings. The Bertz CT molecular complexity index is 429. The van der Waals surface area contributed by atoms with Gasteiger partial charge in [-0.15, -0.1) is 0 Å². The second-order valence-electron chi connectivity index (χ2n) is 4.14. The maximum atomic E-state index is 12.5. The maximum Gasteiger partial charge on any atom is 0.405 e. The Balaban J connectivity index is 3.18. The van der Waals surface area contributed by atoms with E-state index in [2.05, 4.69) is 4.98 Å². The Labute approximate surface area is 103 Å². The molecule has 0 atom stereocenters. The van der Waals surface area contributed by atoms with Crippen LogP contribution in [0.4, 0.5) is 18.9 Å². The van der Waals surface area contributed by atoms with E-state index in [0.29, 0.717) is 0 Å². The third kappa shape index (κ3) is 3.61. The molecule has 0 spiro atoms. The van der Waals surface area contributed by atoms with Crippen molar-refractivity contribution in [2.24, 2.45) is 5.73 Å². The molecule has 0 saturated carbocycles. The van der Waals surface area contributed by atoms with Crippen LogP contribution in [-0.2, 0) is 0 Å². The van der Waals surface area contributed by atoms with Crippen LogP contribution in [0.25, 0.3) is 0 Å². The van der Waals surface area contributed by atoms with Crippen LogP contribution in [0.1, 0.15) is 19.4 Å². The highest BCUT2D eigenvalue weighted by molar-refractivity contribution is 6.00. The normalized spacial score (nSPS) is 11.7. The third-order valence-corrected chi connectivity index (χ3v) is 2.37. The Kier molecular flexibility index (Phi) is 4.15. The number of pyridine rings is 1. The molecule has 0 unspecified atom stereocenters. The van der Waals surface area contributed by atoms with Crippen molar-refractivity contribution in [3.05, 3.63) is 24.0 Å². The molecular weight excluding hydrogens is 245 g/mol. The van der Waals surface area contributed by atoms with E-state index in [9.17, 15) is 13.2 Å². The van der Waals surface area contributed by atoms with E-state index in [4.69, 9.17) is 11.1 Å². The van der Waals surface area contributed by atoms with E-state index in [-0.39, 0.29) is 23.1 Å². The monoisotopic (exact) mass is 260 g/mol. The number of nitrogens with one attached hydrogen (secondary N) is 1. The van der Waals surface area contributed by atoms with Crippen molar-refractivity contribution in [3.8, 4) is 0 Å². The number of anilines is 1. The van der Waals surface area contributed by atoms with E-state index < -0.39 is 12.7 Å². The van der Waals surface area contributed by atoms with Crippen LogP contribution < -0.4 is 10.6 Å². The first kappa shape index (κ1) is 14.3. The topological polar surface area (TPSA) is 66.0 Å². The van der Waals surface area contributed by atoms with Gasteiger partial charge >= 0.3 is 6.18 Å². The van der Waals surface area contributed by atoms with Gasteiger partial charge in [0.15, 0.2) is 0 Å². The lowest BCUT2D eigenvalue weighted by Crippen LogP contribution is -2.40. The largest absolute Gasteiger partial charge is 0.405 e. The summed E-state index contributed by atoms with van der Waals surface area (Å²) < 4.78 is 37.6. The van der Waals surface area contributed by atoms with E-state index in [0.717, 1.165) is 4.90 Å². The van der Waals surface area contributed by atoms with E-state index >= 15 is 0 Å². The molecule has 0 bridgehead atoms. The second-order valence-corrected chi connectivity index (χ2v) is 4.14. The summed E-state index contributed by atoms with van der Waals surface area (Å²) in [5, 5.41) is 7.38. The summed E-state index contributed by atoms with van der Waals surface area (Å²) in [5.74, 6) is -0.278. The molecule has 1 rings (SSSR count). The number of amidine groups is 1. The van der Waals surface area contributed by atoms with Crippen molar-refractivity contribution in [2.45, 2.75) is 26.1 Å². The predicted molar refractivity (Wildman–Crippen MR) is 63.8 cm³/mol. The Morgan fingerprint density at radius 1 is 1.50 bits per heavy atom. The van der Waals surface area contributed by atoms with Crippen LogP contribution in [0.3, 0.4) is 0 Å². The number of hydrogen-bond donors (Lipinski definition) is 2. The highest BCUT2D eigenvalue weighted by atomic mass is 19.4. The van der Waals surface area contributed by atoms with Gasteiger partial charge in [0.05, 0.1) is 11.9 Å². The molecule has 0 radical (unpaired) electrons. The molecule has 0 aliphatic carbocycles. The average molecular weight is 260 g/mol. The minimum Gasteiger partial charge on any atom is -0.384 e. The van der Waals surface area contributed by atoms with Gasteiger partial charge in [-0.05, 0) is 19.9 Å². The molecule has 1 heterocycles. The van der Waals surface area contributed by atoms with Crippen molar-refractivity contribution in [2.75, 3.05) is 11.4 Å². The van der Waals surface area contributed by atoms with Crippen LogP contribution >= 0.6 is 0 Å². The van der Waals surface area contributed by atoms with Crippen molar-refractivity contribution in [1.82, 2.24) is 4.98 Å². The van der Waals surface area contributed by atoms with Gasteiger partial charge in [0.2, 0.25) is 0 Å². The molecule has 0 amide bonds. The highest BCUT2D eigenvalue weighted by Crippen LogP contribution is 2.26. The Morgan fingerprint density at radius 3 is 2.56 bits per heavy atom. The van der Waals surface area contributed by atoms with Crippen LogP contribution in [0.2, 0.25) is 0 Å². The first-order valence-corrected chi connectivity index (χ1v) is 5.34. The van der Waals surface area contributed by atoms with Crippen LogP contribution in [-0.4, -0.2) is 29.6 Å². The number of rotatable bonds is 4. The summed E-state index contributed by atoms with van der Waals surface area (Å²) in [6.07, 6.45) is -1.64. The number of halogens is 3. The van der Waals surface area contributed by atoms with Crippen LogP contribution in [0, 0.1) is 5.41 Å². The fourth-order valence-corrected chi connectivity index (χ4v) is 1.58. The Hall–Kier alpha value is -1.79. The van der Waals surface area contributed by atoms with E-state index in [1.807, 2.05) is 0 Å². The minimum absolute atomic E-state index is 0.220. The molecule has 0 aromatic carbocycles. The van der Waals surface area contributed by atoms with Gasteiger partial charge in [0.1, 0.15) is 12.4 Å². The number of nitrogens with two attached hydrogens (primary N) is 1. The van der Waals surface area contributed by atoms with Gasteiger partial charge in [-0.3, -0.25) is 10.4 Å². The molecule has 1 aromatic rings. The number of nitrogen functional groups attached to an aromatic ring is 1. The molecule has 3 N–H and O–H groups in total. The van der Waals surface area contributed by atoms with Crippen molar-refractivity contribution < 1.29 is 13.2 Å². The fourth-order valence-electron chi connectivity index (χ4n) is 1.58. The summed E-state index contributed by atoms with van der Waals surface area (Å²) in [4.78, 5) is 4.93. The number of alkyl halides is 3. The SMILES string of the molecule is CC(C)N(CC(F)(F)F)c1cnccc1C(=N)N. The van der Waals surface area contributed by atoms with Gasteiger partial charge in [-0.2, -0.15) is 13.2 Å². The second kappa shape index (κ2) is 5.24. The highest BCUT2D eigenvalue weighted by Gasteiger charge is 2.33. The van der Waals surface area contributed by atoms with Crippen LogP contribution in [0.15, 0.2) is 18.5 Å². The standard InChI is InChI=1S/C11H15F3N4/c1-7(2)18(6-11(12,13)14)9-5-17-4-3-8(9)10(15)16/h3-5,7H,6H2,1-2H3,(H3,15,16). The van der Waals surface area contributed by atoms with Gasteiger partial charge in [0, 0.05) is 17.8 Å². The third-order valence-electron chi connectivity index (χ3n) is 2.37. The summed E-state index contributed by atoms with van der Waals surface area (Å²) in [6, 6.07) is 1.05. The van der Waals surface area contributed by atoms with Gasteiger partial charge in [0.25, 0.3) is 0 Å². The van der Waals surface area contributed by atoms with E-state index in [1.54, 1.807) is 13.8 Å². The average Bonchev–Trinajstić information content (AvgIpc) is 2.24. The summed E-state index contributed by atoms with van der Waals surface area (Å²) >= 11 is 0. The number of hydrogen-bond acceptors (Lipinski definition) is 3. The van der Waals surface area contributed by atoms with Crippen molar-refractivity contribution >= 4 is 11.5 Å².